The molecule has 5 rings (SSSR count). The number of aromatic hydroxyl groups is 1. The molecule has 3 aliphatic rings. The maximum absolute atomic E-state index is 10.4. The van der Waals surface area contributed by atoms with Crippen molar-refractivity contribution in [1.29, 1.82) is 0 Å². The molecule has 2 aromatic rings. The molecular weight excluding hydrogens is 342 g/mol. The van der Waals surface area contributed by atoms with Crippen molar-refractivity contribution in [3.63, 3.8) is 0 Å². The zero-order chi connectivity index (χ0) is 18.2. The van der Waals surface area contributed by atoms with Gasteiger partial charge in [0.1, 0.15) is 17.9 Å². The summed E-state index contributed by atoms with van der Waals surface area (Å²) in [5.74, 6) is 2.33. The Bertz CT molecular complexity index is 872. The fraction of sp³-hybridized carbons (Fsp3) is 0.450. The van der Waals surface area contributed by atoms with E-state index in [4.69, 9.17) is 4.74 Å². The predicted octanol–water partition coefficient (Wildman–Crippen LogP) is 4.30. The summed E-state index contributed by atoms with van der Waals surface area (Å²) in [5, 5.41) is 30.2. The molecule has 1 aliphatic heterocycles. The summed E-state index contributed by atoms with van der Waals surface area (Å²) in [4.78, 5) is 0. The smallest absolute Gasteiger partial charge is 0.233 e. The lowest BCUT2D eigenvalue weighted by Crippen LogP contribution is -2.26. The quantitative estimate of drug-likeness (QED) is 0.876. The SMILES string of the molecule is Oc1cc(C2C=NN=N2)ccc1-c1ccc(OC2C[C@H]3CC[C@@H](C2)C3)nn1. The van der Waals surface area contributed by atoms with Crippen molar-refractivity contribution >= 4 is 6.21 Å². The molecule has 0 radical (unpaired) electrons. The Hall–Kier alpha value is -2.83. The highest BCUT2D eigenvalue weighted by atomic mass is 16.5. The fourth-order valence-corrected chi connectivity index (χ4v) is 4.55. The lowest BCUT2D eigenvalue weighted by molar-refractivity contribution is 0.113. The molecule has 7 nitrogen and oxygen atoms in total. The summed E-state index contributed by atoms with van der Waals surface area (Å²) >= 11 is 0. The van der Waals surface area contributed by atoms with Crippen molar-refractivity contribution in [3.8, 4) is 22.9 Å². The van der Waals surface area contributed by atoms with Crippen molar-refractivity contribution < 1.29 is 9.84 Å². The second-order valence-corrected chi connectivity index (χ2v) is 7.70. The van der Waals surface area contributed by atoms with Gasteiger partial charge >= 0.3 is 0 Å². The molecule has 1 aromatic heterocycles. The molecule has 2 aliphatic carbocycles. The molecular formula is C20H21N5O2. The number of phenolic OH excluding ortho intramolecular Hbond substituents is 1. The number of aromatic nitrogens is 2. The maximum Gasteiger partial charge on any atom is 0.233 e. The van der Waals surface area contributed by atoms with Crippen LogP contribution in [0.1, 0.15) is 43.7 Å². The molecule has 138 valence electrons. The van der Waals surface area contributed by atoms with Crippen molar-refractivity contribution in [2.75, 3.05) is 0 Å². The van der Waals surface area contributed by atoms with Gasteiger partial charge in [0.25, 0.3) is 0 Å². The van der Waals surface area contributed by atoms with E-state index in [2.05, 4.69) is 25.6 Å². The van der Waals surface area contributed by atoms with Crippen LogP contribution in [-0.2, 0) is 0 Å². The minimum Gasteiger partial charge on any atom is -0.507 e. The van der Waals surface area contributed by atoms with Crippen LogP contribution in [0.5, 0.6) is 11.6 Å². The minimum absolute atomic E-state index is 0.134. The molecule has 27 heavy (non-hydrogen) atoms. The van der Waals surface area contributed by atoms with E-state index >= 15 is 0 Å². The van der Waals surface area contributed by atoms with Gasteiger partial charge < -0.3 is 9.84 Å². The summed E-state index contributed by atoms with van der Waals surface area (Å²) in [5.41, 5.74) is 2.07. The number of fused-ring (bicyclic) bond motifs is 2. The van der Waals surface area contributed by atoms with Gasteiger partial charge in [-0.3, -0.25) is 0 Å². The van der Waals surface area contributed by atoms with Gasteiger partial charge in [0.05, 0.1) is 11.9 Å². The number of nitrogens with zero attached hydrogens (tertiary/aromatic N) is 5. The Morgan fingerprint density at radius 1 is 0.963 bits per heavy atom. The standard InChI is InChI=1S/C20H21N5O2/c26-19-10-14(18-11-21-25-23-18)3-4-16(19)17-5-6-20(24-22-17)27-15-8-12-1-2-13(7-12)9-15/h3-6,10-13,15,18,26H,1-2,7-9H2/t12-,13+,15?,18?. The topological polar surface area (TPSA) is 92.3 Å². The maximum atomic E-state index is 10.4. The molecule has 2 unspecified atom stereocenters. The Morgan fingerprint density at radius 2 is 1.81 bits per heavy atom. The largest absolute Gasteiger partial charge is 0.507 e. The summed E-state index contributed by atoms with van der Waals surface area (Å²) < 4.78 is 6.07. The molecule has 2 bridgehead atoms. The van der Waals surface area contributed by atoms with Gasteiger partial charge in [0.15, 0.2) is 0 Å². The van der Waals surface area contributed by atoms with E-state index in [9.17, 15) is 5.11 Å². The summed E-state index contributed by atoms with van der Waals surface area (Å²) in [7, 11) is 0. The number of hydrogen-bond acceptors (Lipinski definition) is 7. The first-order chi connectivity index (χ1) is 13.2. The summed E-state index contributed by atoms with van der Waals surface area (Å²) in [6, 6.07) is 8.81. The van der Waals surface area contributed by atoms with Crippen LogP contribution in [0.4, 0.5) is 0 Å². The monoisotopic (exact) mass is 363 g/mol. The lowest BCUT2D eigenvalue weighted by Gasteiger charge is -2.27. The van der Waals surface area contributed by atoms with Crippen LogP contribution < -0.4 is 4.74 Å². The first kappa shape index (κ1) is 16.4. The molecule has 1 N–H and O–H groups in total. The molecule has 1 aromatic carbocycles. The molecule has 0 spiro atoms. The third-order valence-corrected chi connectivity index (χ3v) is 5.84. The third kappa shape index (κ3) is 3.29. The van der Waals surface area contributed by atoms with Gasteiger partial charge in [-0.2, -0.15) is 5.11 Å². The second kappa shape index (κ2) is 6.72. The molecule has 2 fully saturated rings. The van der Waals surface area contributed by atoms with E-state index in [1.807, 2.05) is 24.3 Å². The lowest BCUT2D eigenvalue weighted by atomic mass is 9.87. The third-order valence-electron chi connectivity index (χ3n) is 5.84. The van der Waals surface area contributed by atoms with Gasteiger partial charge in [-0.15, -0.1) is 15.3 Å². The van der Waals surface area contributed by atoms with Gasteiger partial charge in [-0.05, 0) is 60.1 Å². The highest BCUT2D eigenvalue weighted by Crippen LogP contribution is 2.43. The zero-order valence-electron chi connectivity index (χ0n) is 14.9. The fourth-order valence-electron chi connectivity index (χ4n) is 4.55. The van der Waals surface area contributed by atoms with Crippen LogP contribution >= 0.6 is 0 Å². The van der Waals surface area contributed by atoms with E-state index in [0.29, 0.717) is 17.1 Å². The first-order valence-electron chi connectivity index (χ1n) is 9.51. The van der Waals surface area contributed by atoms with Crippen LogP contribution in [0.3, 0.4) is 0 Å². The van der Waals surface area contributed by atoms with Crippen LogP contribution in [0, 0.1) is 11.8 Å². The Kier molecular flexibility index (Phi) is 4.07. The first-order valence-corrected chi connectivity index (χ1v) is 9.51. The number of phenols is 1. The predicted molar refractivity (Wildman–Crippen MR) is 99.7 cm³/mol. The van der Waals surface area contributed by atoms with Crippen molar-refractivity contribution in [2.24, 2.45) is 27.3 Å². The molecule has 2 saturated carbocycles. The van der Waals surface area contributed by atoms with Gasteiger partial charge in [-0.1, -0.05) is 18.9 Å². The zero-order valence-corrected chi connectivity index (χ0v) is 14.9. The van der Waals surface area contributed by atoms with Crippen molar-refractivity contribution in [1.82, 2.24) is 10.2 Å². The number of hydrogen-bond donors (Lipinski definition) is 1. The second-order valence-electron chi connectivity index (χ2n) is 7.70. The average Bonchev–Trinajstić information content (AvgIpc) is 3.32. The number of rotatable bonds is 4. The molecule has 2 heterocycles. The molecule has 0 saturated heterocycles. The molecule has 7 heteroatoms. The highest BCUT2D eigenvalue weighted by Gasteiger charge is 2.35. The van der Waals surface area contributed by atoms with Gasteiger partial charge in [0, 0.05) is 11.6 Å². The van der Waals surface area contributed by atoms with Crippen molar-refractivity contribution in [2.45, 2.75) is 44.2 Å². The van der Waals surface area contributed by atoms with Crippen molar-refractivity contribution in [3.05, 3.63) is 35.9 Å². The van der Waals surface area contributed by atoms with Gasteiger partial charge in [-0.25, -0.2) is 0 Å². The Balaban J connectivity index is 1.30. The van der Waals surface area contributed by atoms with E-state index < -0.39 is 0 Å². The van der Waals surface area contributed by atoms with Crippen LogP contribution in [0.25, 0.3) is 11.3 Å². The highest BCUT2D eigenvalue weighted by molar-refractivity contribution is 5.72. The van der Waals surface area contributed by atoms with E-state index in [1.165, 1.54) is 19.3 Å². The molecule has 4 atom stereocenters. The average molecular weight is 363 g/mol. The van der Waals surface area contributed by atoms with Crippen LogP contribution in [0.15, 0.2) is 45.8 Å². The summed E-state index contributed by atoms with van der Waals surface area (Å²) in [6.45, 7) is 0. The Labute approximate surface area is 157 Å². The van der Waals surface area contributed by atoms with E-state index in [1.54, 1.807) is 12.3 Å². The summed E-state index contributed by atoms with van der Waals surface area (Å²) in [6.07, 6.45) is 8.21. The minimum atomic E-state index is -0.238. The number of ether oxygens (including phenoxy) is 1. The van der Waals surface area contributed by atoms with Gasteiger partial charge in [0.2, 0.25) is 5.88 Å². The van der Waals surface area contributed by atoms with Crippen LogP contribution in [0.2, 0.25) is 0 Å². The molecule has 0 amide bonds. The number of benzene rings is 1. The van der Waals surface area contributed by atoms with E-state index in [-0.39, 0.29) is 17.9 Å². The normalized spacial score (nSPS) is 28.6. The Morgan fingerprint density at radius 3 is 2.48 bits per heavy atom. The van der Waals surface area contributed by atoms with E-state index in [0.717, 1.165) is 30.2 Å². The van der Waals surface area contributed by atoms with Crippen LogP contribution in [-0.4, -0.2) is 27.6 Å².